The summed E-state index contributed by atoms with van der Waals surface area (Å²) in [6, 6.07) is 10.4. The van der Waals surface area contributed by atoms with E-state index in [4.69, 9.17) is 0 Å². The number of phenolic OH excluding ortho intramolecular Hbond substituents is 3. The van der Waals surface area contributed by atoms with Crippen molar-refractivity contribution in [3.8, 4) is 17.2 Å². The summed E-state index contributed by atoms with van der Waals surface area (Å²) in [6.07, 6.45) is 8.50. The molecule has 0 spiro atoms. The van der Waals surface area contributed by atoms with Crippen molar-refractivity contribution in [2.24, 2.45) is 17.8 Å². The second-order valence-electron chi connectivity index (χ2n) is 10.1. The van der Waals surface area contributed by atoms with Gasteiger partial charge in [0.1, 0.15) is 5.75 Å². The van der Waals surface area contributed by atoms with E-state index in [1.165, 1.54) is 50.7 Å². The van der Waals surface area contributed by atoms with Gasteiger partial charge < -0.3 is 20.6 Å². The van der Waals surface area contributed by atoms with E-state index in [9.17, 15) is 20.1 Å². The lowest BCUT2D eigenvalue weighted by atomic mass is 9.48. The molecule has 0 unspecified atom stereocenters. The van der Waals surface area contributed by atoms with Crippen LogP contribution in [0, 0.1) is 17.8 Å². The molecular formula is C26H31NO4. The molecule has 1 amide bonds. The molecule has 4 bridgehead atoms. The maximum Gasteiger partial charge on any atom is 0.224 e. The number of hydrogen-bond acceptors (Lipinski definition) is 4. The van der Waals surface area contributed by atoms with Crippen molar-refractivity contribution in [3.05, 3.63) is 53.1 Å². The van der Waals surface area contributed by atoms with Crippen LogP contribution < -0.4 is 5.32 Å². The molecule has 0 saturated heterocycles. The Kier molecular flexibility index (Phi) is 5.07. The lowest BCUT2D eigenvalue weighted by Crippen LogP contribution is -2.48. The lowest BCUT2D eigenvalue weighted by Gasteiger charge is -2.57. The Morgan fingerprint density at radius 3 is 2.10 bits per heavy atom. The monoisotopic (exact) mass is 421 g/mol. The van der Waals surface area contributed by atoms with Crippen molar-refractivity contribution < 1.29 is 20.1 Å². The Labute approximate surface area is 183 Å². The van der Waals surface area contributed by atoms with Crippen molar-refractivity contribution in [3.63, 3.8) is 0 Å². The number of carbonyl (C=O) groups is 1. The van der Waals surface area contributed by atoms with Crippen molar-refractivity contribution in [2.45, 2.75) is 56.8 Å². The normalized spacial score (nSPS) is 28.6. The zero-order valence-corrected chi connectivity index (χ0v) is 17.8. The van der Waals surface area contributed by atoms with Crippen LogP contribution in [0.1, 0.15) is 55.2 Å². The fraction of sp³-hybridized carbons (Fsp3) is 0.500. The van der Waals surface area contributed by atoms with Crippen molar-refractivity contribution in [1.29, 1.82) is 0 Å². The molecule has 2 aromatic rings. The molecule has 0 heterocycles. The number of nitrogens with one attached hydrogen (secondary N) is 1. The summed E-state index contributed by atoms with van der Waals surface area (Å²) in [7, 11) is 0. The largest absolute Gasteiger partial charge is 0.508 e. The molecule has 4 aliphatic carbocycles. The first-order valence-electron chi connectivity index (χ1n) is 11.5. The zero-order valence-electron chi connectivity index (χ0n) is 17.8. The Morgan fingerprint density at radius 1 is 0.839 bits per heavy atom. The first-order valence-corrected chi connectivity index (χ1v) is 11.5. The topological polar surface area (TPSA) is 89.8 Å². The molecule has 4 saturated carbocycles. The number of rotatable bonds is 6. The molecule has 2 aromatic carbocycles. The van der Waals surface area contributed by atoms with E-state index >= 15 is 0 Å². The lowest BCUT2D eigenvalue weighted by molar-refractivity contribution is -0.120. The summed E-state index contributed by atoms with van der Waals surface area (Å²) in [4.78, 5) is 12.5. The molecule has 0 atom stereocenters. The molecule has 31 heavy (non-hydrogen) atoms. The SMILES string of the molecule is O=C(Cc1ccc(O)c(C23CC4CC(CC(C4)C2)C3)c1)NCCc1ccc(O)c(O)c1. The van der Waals surface area contributed by atoms with Gasteiger partial charge in [-0.05, 0) is 97.4 Å². The molecule has 5 heteroatoms. The van der Waals surface area contributed by atoms with E-state index in [1.807, 2.05) is 6.07 Å². The average molecular weight is 422 g/mol. The van der Waals surface area contributed by atoms with Crippen LogP contribution >= 0.6 is 0 Å². The van der Waals surface area contributed by atoms with Crippen LogP contribution in [0.25, 0.3) is 0 Å². The van der Waals surface area contributed by atoms with E-state index < -0.39 is 0 Å². The molecule has 5 nitrogen and oxygen atoms in total. The molecular weight excluding hydrogens is 390 g/mol. The molecule has 6 rings (SSSR count). The summed E-state index contributed by atoms with van der Waals surface area (Å²) in [6.45, 7) is 0.461. The maximum atomic E-state index is 12.5. The number of carbonyl (C=O) groups excluding carboxylic acids is 1. The van der Waals surface area contributed by atoms with Crippen LogP contribution in [0.3, 0.4) is 0 Å². The van der Waals surface area contributed by atoms with Gasteiger partial charge in [-0.15, -0.1) is 0 Å². The minimum Gasteiger partial charge on any atom is -0.508 e. The number of phenols is 3. The standard InChI is InChI=1S/C26H31NO4/c28-22-3-2-17(12-25(31)27-6-5-16-1-4-23(29)24(30)11-16)10-21(22)26-13-18-7-19(14-26)9-20(8-18)15-26/h1-4,10-11,18-20,28-30H,5-9,12-15H2,(H,27,31). The summed E-state index contributed by atoms with van der Waals surface area (Å²) < 4.78 is 0. The van der Waals surface area contributed by atoms with E-state index in [2.05, 4.69) is 11.4 Å². The molecule has 164 valence electrons. The van der Waals surface area contributed by atoms with E-state index in [0.29, 0.717) is 25.1 Å². The first kappa shape index (κ1) is 20.2. The first-order chi connectivity index (χ1) is 14.9. The molecule has 4 aliphatic rings. The maximum absolute atomic E-state index is 12.5. The number of benzene rings is 2. The quantitative estimate of drug-likeness (QED) is 0.527. The number of hydrogen-bond donors (Lipinski definition) is 4. The van der Waals surface area contributed by atoms with E-state index in [-0.39, 0.29) is 22.8 Å². The van der Waals surface area contributed by atoms with Gasteiger partial charge >= 0.3 is 0 Å². The van der Waals surface area contributed by atoms with Crippen LogP contribution in [0.4, 0.5) is 0 Å². The summed E-state index contributed by atoms with van der Waals surface area (Å²) in [5.74, 6) is 2.45. The van der Waals surface area contributed by atoms with Crippen LogP contribution in [0.5, 0.6) is 17.2 Å². The Balaban J connectivity index is 1.23. The third-order valence-corrected chi connectivity index (χ3v) is 7.81. The fourth-order valence-electron chi connectivity index (χ4n) is 6.88. The molecule has 4 N–H and O–H groups in total. The Morgan fingerprint density at radius 2 is 1.45 bits per heavy atom. The third kappa shape index (κ3) is 3.98. The minimum atomic E-state index is -0.148. The summed E-state index contributed by atoms with van der Waals surface area (Å²) in [5, 5.41) is 32.6. The van der Waals surface area contributed by atoms with Gasteiger partial charge in [0.2, 0.25) is 5.91 Å². The highest BCUT2D eigenvalue weighted by molar-refractivity contribution is 5.78. The highest BCUT2D eigenvalue weighted by Gasteiger charge is 2.52. The van der Waals surface area contributed by atoms with Crippen molar-refractivity contribution in [1.82, 2.24) is 5.32 Å². The molecule has 0 radical (unpaired) electrons. The summed E-state index contributed by atoms with van der Waals surface area (Å²) >= 11 is 0. The fourth-order valence-corrected chi connectivity index (χ4v) is 6.88. The van der Waals surface area contributed by atoms with Crippen LogP contribution in [0.15, 0.2) is 36.4 Å². The third-order valence-electron chi connectivity index (χ3n) is 7.81. The van der Waals surface area contributed by atoms with Gasteiger partial charge in [-0.1, -0.05) is 18.2 Å². The Hall–Kier alpha value is -2.69. The van der Waals surface area contributed by atoms with Gasteiger partial charge in [0.05, 0.1) is 6.42 Å². The second-order valence-corrected chi connectivity index (χ2v) is 10.1. The van der Waals surface area contributed by atoms with Crippen LogP contribution in [-0.4, -0.2) is 27.8 Å². The zero-order chi connectivity index (χ0) is 21.6. The van der Waals surface area contributed by atoms with Gasteiger partial charge in [0.15, 0.2) is 11.5 Å². The second kappa shape index (κ2) is 7.77. The van der Waals surface area contributed by atoms with Gasteiger partial charge in [-0.3, -0.25) is 4.79 Å². The highest BCUT2D eigenvalue weighted by Crippen LogP contribution is 2.61. The van der Waals surface area contributed by atoms with Crippen molar-refractivity contribution in [2.75, 3.05) is 6.54 Å². The van der Waals surface area contributed by atoms with Crippen LogP contribution in [-0.2, 0) is 23.1 Å². The molecule has 4 fully saturated rings. The van der Waals surface area contributed by atoms with Gasteiger partial charge in [-0.25, -0.2) is 0 Å². The van der Waals surface area contributed by atoms with E-state index in [1.54, 1.807) is 12.1 Å². The Bertz CT molecular complexity index is 964. The summed E-state index contributed by atoms with van der Waals surface area (Å²) in [5.41, 5.74) is 2.97. The van der Waals surface area contributed by atoms with Crippen LogP contribution in [0.2, 0.25) is 0 Å². The van der Waals surface area contributed by atoms with Crippen molar-refractivity contribution >= 4 is 5.91 Å². The smallest absolute Gasteiger partial charge is 0.224 e. The predicted octanol–water partition coefficient (Wildman–Crippen LogP) is 4.17. The van der Waals surface area contributed by atoms with Gasteiger partial charge in [0, 0.05) is 12.1 Å². The van der Waals surface area contributed by atoms with Gasteiger partial charge in [0.25, 0.3) is 0 Å². The molecule has 0 aliphatic heterocycles. The van der Waals surface area contributed by atoms with Gasteiger partial charge in [-0.2, -0.15) is 0 Å². The average Bonchev–Trinajstić information content (AvgIpc) is 2.71. The number of aromatic hydroxyl groups is 3. The predicted molar refractivity (Wildman–Crippen MR) is 118 cm³/mol. The minimum absolute atomic E-state index is 0.0508. The highest BCUT2D eigenvalue weighted by atomic mass is 16.3. The van der Waals surface area contributed by atoms with E-state index in [0.717, 1.165) is 34.4 Å². The molecule has 0 aromatic heterocycles. The number of amides is 1.